The summed E-state index contributed by atoms with van der Waals surface area (Å²) >= 11 is 0. The van der Waals surface area contributed by atoms with Crippen molar-refractivity contribution in [3.05, 3.63) is 24.0 Å². The van der Waals surface area contributed by atoms with Crippen molar-refractivity contribution >= 4 is 15.7 Å². The summed E-state index contributed by atoms with van der Waals surface area (Å²) in [5.74, 6) is -1.35. The van der Waals surface area contributed by atoms with Gasteiger partial charge in [-0.2, -0.15) is 0 Å². The molecule has 1 rings (SSSR count). The smallest absolute Gasteiger partial charge is 0.232 e. The lowest BCUT2D eigenvalue weighted by atomic mass is 10.3. The Morgan fingerprint density at radius 2 is 2.12 bits per heavy atom. The van der Waals surface area contributed by atoms with Crippen molar-refractivity contribution in [1.29, 1.82) is 0 Å². The minimum Gasteiger partial charge on any atom is -0.505 e. The number of unbranched alkanes of at least 4 members (excludes halogenated alkanes) is 1. The fourth-order valence-electron chi connectivity index (χ4n) is 1.14. The van der Waals surface area contributed by atoms with E-state index in [4.69, 9.17) is 5.11 Å². The van der Waals surface area contributed by atoms with Gasteiger partial charge in [-0.05, 0) is 18.6 Å². The topological polar surface area (TPSA) is 66.4 Å². The Morgan fingerprint density at radius 3 is 2.69 bits per heavy atom. The third-order valence-corrected chi connectivity index (χ3v) is 3.36. The number of nitrogens with one attached hydrogen (secondary N) is 1. The average molecular weight is 247 g/mol. The van der Waals surface area contributed by atoms with Crippen molar-refractivity contribution in [1.82, 2.24) is 0 Å². The third-order valence-electron chi connectivity index (χ3n) is 1.99. The summed E-state index contributed by atoms with van der Waals surface area (Å²) in [6, 6.07) is 3.35. The van der Waals surface area contributed by atoms with Gasteiger partial charge in [-0.1, -0.05) is 13.3 Å². The van der Waals surface area contributed by atoms with E-state index in [1.165, 1.54) is 6.07 Å². The van der Waals surface area contributed by atoms with E-state index >= 15 is 0 Å². The lowest BCUT2D eigenvalue weighted by Gasteiger charge is -2.07. The first-order valence-electron chi connectivity index (χ1n) is 4.93. The number of sulfonamides is 1. The molecule has 0 aliphatic carbocycles. The number of phenolic OH excluding ortho intramolecular Hbond substituents is 1. The van der Waals surface area contributed by atoms with Gasteiger partial charge < -0.3 is 5.11 Å². The molecule has 0 bridgehead atoms. The van der Waals surface area contributed by atoms with Crippen LogP contribution in [0.5, 0.6) is 5.75 Å². The molecule has 0 aromatic heterocycles. The van der Waals surface area contributed by atoms with Crippen molar-refractivity contribution < 1.29 is 17.9 Å². The maximum Gasteiger partial charge on any atom is 0.232 e. The highest BCUT2D eigenvalue weighted by Gasteiger charge is 2.10. The van der Waals surface area contributed by atoms with Gasteiger partial charge in [0.25, 0.3) is 0 Å². The van der Waals surface area contributed by atoms with Gasteiger partial charge >= 0.3 is 0 Å². The first-order chi connectivity index (χ1) is 7.44. The summed E-state index contributed by atoms with van der Waals surface area (Å²) in [7, 11) is -3.42. The minimum atomic E-state index is -3.42. The number of rotatable bonds is 5. The van der Waals surface area contributed by atoms with Crippen molar-refractivity contribution in [2.45, 2.75) is 19.8 Å². The van der Waals surface area contributed by atoms with Gasteiger partial charge in [0.15, 0.2) is 11.6 Å². The van der Waals surface area contributed by atoms with Gasteiger partial charge in [0.2, 0.25) is 10.0 Å². The van der Waals surface area contributed by atoms with Crippen LogP contribution in [0.4, 0.5) is 10.1 Å². The van der Waals surface area contributed by atoms with Gasteiger partial charge in [0.05, 0.1) is 11.4 Å². The lowest BCUT2D eigenvalue weighted by molar-refractivity contribution is 0.432. The van der Waals surface area contributed by atoms with Crippen molar-refractivity contribution in [3.8, 4) is 5.75 Å². The number of halogens is 1. The lowest BCUT2D eigenvalue weighted by Crippen LogP contribution is -2.16. The Kier molecular flexibility index (Phi) is 4.12. The predicted octanol–water partition coefficient (Wildman–Crippen LogP) is 2.07. The largest absolute Gasteiger partial charge is 0.505 e. The Morgan fingerprint density at radius 1 is 1.44 bits per heavy atom. The average Bonchev–Trinajstić information content (AvgIpc) is 2.20. The molecule has 6 heteroatoms. The van der Waals surface area contributed by atoms with E-state index in [1.54, 1.807) is 0 Å². The molecule has 0 aliphatic rings. The molecule has 0 spiro atoms. The molecule has 16 heavy (non-hydrogen) atoms. The standard InChI is InChI=1S/C10H14FNO3S/c1-2-3-6-16(14,15)12-8-4-5-10(13)9(11)7-8/h4-5,7,12-13H,2-3,6H2,1H3. The van der Waals surface area contributed by atoms with Crippen LogP contribution in [0.3, 0.4) is 0 Å². The van der Waals surface area contributed by atoms with Gasteiger partial charge in [-0.3, -0.25) is 4.72 Å². The predicted molar refractivity (Wildman–Crippen MR) is 60.4 cm³/mol. The van der Waals surface area contributed by atoms with Crippen molar-refractivity contribution in [2.75, 3.05) is 10.5 Å². The zero-order chi connectivity index (χ0) is 12.2. The zero-order valence-corrected chi connectivity index (χ0v) is 9.72. The number of hydrogen-bond acceptors (Lipinski definition) is 3. The molecular formula is C10H14FNO3S. The Labute approximate surface area is 94.2 Å². The summed E-state index contributed by atoms with van der Waals surface area (Å²) in [6.45, 7) is 1.88. The van der Waals surface area contributed by atoms with E-state index in [1.807, 2.05) is 6.92 Å². The maximum atomic E-state index is 12.9. The molecule has 0 saturated heterocycles. The Hall–Kier alpha value is -1.30. The Balaban J connectivity index is 2.76. The number of hydrogen-bond donors (Lipinski definition) is 2. The molecule has 0 heterocycles. The molecule has 0 fully saturated rings. The van der Waals surface area contributed by atoms with Crippen LogP contribution in [0.2, 0.25) is 0 Å². The Bertz CT molecular complexity index is 459. The fourth-order valence-corrected chi connectivity index (χ4v) is 2.39. The summed E-state index contributed by atoms with van der Waals surface area (Å²) in [6.07, 6.45) is 1.32. The summed E-state index contributed by atoms with van der Waals surface area (Å²) in [5, 5.41) is 8.93. The van der Waals surface area contributed by atoms with Crippen LogP contribution < -0.4 is 4.72 Å². The summed E-state index contributed by atoms with van der Waals surface area (Å²) in [4.78, 5) is 0. The molecular weight excluding hydrogens is 233 g/mol. The van der Waals surface area contributed by atoms with Gasteiger partial charge in [-0.25, -0.2) is 12.8 Å². The van der Waals surface area contributed by atoms with Crippen molar-refractivity contribution in [2.24, 2.45) is 0 Å². The van der Waals surface area contributed by atoms with Gasteiger partial charge in [-0.15, -0.1) is 0 Å². The van der Waals surface area contributed by atoms with Crippen LogP contribution in [0.25, 0.3) is 0 Å². The van der Waals surface area contributed by atoms with E-state index < -0.39 is 21.6 Å². The van der Waals surface area contributed by atoms with E-state index in [9.17, 15) is 12.8 Å². The number of anilines is 1. The highest BCUT2D eigenvalue weighted by Crippen LogP contribution is 2.20. The van der Waals surface area contributed by atoms with Gasteiger partial charge in [0.1, 0.15) is 0 Å². The second kappa shape index (κ2) is 5.16. The van der Waals surface area contributed by atoms with Crippen LogP contribution >= 0.6 is 0 Å². The second-order valence-electron chi connectivity index (χ2n) is 3.44. The van der Waals surface area contributed by atoms with Crippen LogP contribution in [0, 0.1) is 5.82 Å². The SMILES string of the molecule is CCCCS(=O)(=O)Nc1ccc(O)c(F)c1. The van der Waals surface area contributed by atoms with E-state index in [0.29, 0.717) is 6.42 Å². The molecule has 0 radical (unpaired) electrons. The molecule has 2 N–H and O–H groups in total. The molecule has 0 aliphatic heterocycles. The highest BCUT2D eigenvalue weighted by atomic mass is 32.2. The third kappa shape index (κ3) is 3.69. The first kappa shape index (κ1) is 12.8. The van der Waals surface area contributed by atoms with E-state index in [-0.39, 0.29) is 11.4 Å². The molecule has 90 valence electrons. The van der Waals surface area contributed by atoms with E-state index in [2.05, 4.69) is 4.72 Å². The summed E-state index contributed by atoms with van der Waals surface area (Å²) < 4.78 is 38.1. The highest BCUT2D eigenvalue weighted by molar-refractivity contribution is 7.92. The first-order valence-corrected chi connectivity index (χ1v) is 6.59. The minimum absolute atomic E-state index is 0.00595. The number of aromatic hydroxyl groups is 1. The fraction of sp³-hybridized carbons (Fsp3) is 0.400. The van der Waals surface area contributed by atoms with Gasteiger partial charge in [0, 0.05) is 6.07 Å². The van der Waals surface area contributed by atoms with E-state index in [0.717, 1.165) is 18.6 Å². The van der Waals surface area contributed by atoms with Crippen LogP contribution in [-0.4, -0.2) is 19.3 Å². The normalized spacial score (nSPS) is 11.4. The molecule has 0 amide bonds. The van der Waals surface area contributed by atoms with Crippen molar-refractivity contribution in [3.63, 3.8) is 0 Å². The van der Waals surface area contributed by atoms with Crippen LogP contribution in [0.1, 0.15) is 19.8 Å². The second-order valence-corrected chi connectivity index (χ2v) is 5.28. The molecule has 0 atom stereocenters. The quantitative estimate of drug-likeness (QED) is 0.783. The monoisotopic (exact) mass is 247 g/mol. The number of benzene rings is 1. The summed E-state index contributed by atoms with van der Waals surface area (Å²) in [5.41, 5.74) is 0.117. The zero-order valence-electron chi connectivity index (χ0n) is 8.90. The maximum absolute atomic E-state index is 12.9. The molecule has 1 aromatic carbocycles. The molecule has 0 saturated carbocycles. The molecule has 0 unspecified atom stereocenters. The van der Waals surface area contributed by atoms with Crippen LogP contribution in [0.15, 0.2) is 18.2 Å². The molecule has 4 nitrogen and oxygen atoms in total. The number of phenols is 1. The van der Waals surface area contributed by atoms with Crippen LogP contribution in [-0.2, 0) is 10.0 Å². The molecule has 1 aromatic rings.